The lowest BCUT2D eigenvalue weighted by Gasteiger charge is -2.03. The lowest BCUT2D eigenvalue weighted by molar-refractivity contribution is 0.764. The van der Waals surface area contributed by atoms with Gasteiger partial charge in [-0.15, -0.1) is 0 Å². The first kappa shape index (κ1) is 10.5. The molecule has 2 aromatic rings. The molecule has 0 saturated carbocycles. The lowest BCUT2D eigenvalue weighted by atomic mass is 10.2. The molecule has 0 atom stereocenters. The third kappa shape index (κ3) is 1.73. The molecular formula is C10H9Cl2N3. The number of nitrogens with zero attached hydrogens (tertiary/aromatic N) is 3. The van der Waals surface area contributed by atoms with Crippen molar-refractivity contribution in [3.63, 3.8) is 0 Å². The van der Waals surface area contributed by atoms with Crippen molar-refractivity contribution in [1.82, 2.24) is 14.8 Å². The summed E-state index contributed by atoms with van der Waals surface area (Å²) in [6.07, 6.45) is 1.64. The van der Waals surface area contributed by atoms with Crippen molar-refractivity contribution < 1.29 is 0 Å². The van der Waals surface area contributed by atoms with Crippen LogP contribution in [0.25, 0.3) is 11.3 Å². The molecule has 0 unspecified atom stereocenters. The van der Waals surface area contributed by atoms with E-state index in [9.17, 15) is 0 Å². The van der Waals surface area contributed by atoms with E-state index in [0.717, 1.165) is 17.0 Å². The van der Waals surface area contributed by atoms with Gasteiger partial charge in [0.2, 0.25) is 0 Å². The highest BCUT2D eigenvalue weighted by atomic mass is 35.5. The second-order valence-electron chi connectivity index (χ2n) is 3.21. The Morgan fingerprint density at radius 1 is 1.33 bits per heavy atom. The Hall–Kier alpha value is -1.06. The molecule has 0 aliphatic rings. The molecule has 0 saturated heterocycles. The van der Waals surface area contributed by atoms with Crippen molar-refractivity contribution in [3.05, 3.63) is 34.2 Å². The van der Waals surface area contributed by atoms with Crippen molar-refractivity contribution in [2.45, 2.75) is 6.92 Å². The lowest BCUT2D eigenvalue weighted by Crippen LogP contribution is -1.95. The standard InChI is InChI=1S/C10H9Cl2N3/c1-6-8(11)9(15(2)14-6)7-4-3-5-13-10(7)12/h3-5H,1-2H3. The second kappa shape index (κ2) is 3.83. The van der Waals surface area contributed by atoms with Gasteiger partial charge in [0.05, 0.1) is 16.4 Å². The van der Waals surface area contributed by atoms with E-state index in [1.807, 2.05) is 26.1 Å². The maximum absolute atomic E-state index is 6.15. The van der Waals surface area contributed by atoms with Gasteiger partial charge < -0.3 is 0 Å². The monoisotopic (exact) mass is 241 g/mol. The largest absolute Gasteiger partial charge is 0.266 e. The van der Waals surface area contributed by atoms with E-state index < -0.39 is 0 Å². The predicted octanol–water partition coefficient (Wildman–Crippen LogP) is 3.10. The fourth-order valence-corrected chi connectivity index (χ4v) is 1.96. The van der Waals surface area contributed by atoms with Gasteiger partial charge in [0.15, 0.2) is 0 Å². The van der Waals surface area contributed by atoms with Crippen LogP contribution in [0.1, 0.15) is 5.69 Å². The van der Waals surface area contributed by atoms with Crippen LogP contribution in [0.3, 0.4) is 0 Å². The summed E-state index contributed by atoms with van der Waals surface area (Å²) in [5, 5.41) is 5.28. The van der Waals surface area contributed by atoms with E-state index in [1.54, 1.807) is 10.9 Å². The summed E-state index contributed by atoms with van der Waals surface area (Å²) in [5.74, 6) is 0. The van der Waals surface area contributed by atoms with Crippen LogP contribution in [0.5, 0.6) is 0 Å². The zero-order valence-corrected chi connectivity index (χ0v) is 9.84. The van der Waals surface area contributed by atoms with Crippen molar-refractivity contribution in [2.75, 3.05) is 0 Å². The zero-order chi connectivity index (χ0) is 11.0. The molecule has 3 nitrogen and oxygen atoms in total. The molecule has 0 spiro atoms. The van der Waals surface area contributed by atoms with Gasteiger partial charge in [-0.05, 0) is 19.1 Å². The molecule has 0 N–H and O–H groups in total. The van der Waals surface area contributed by atoms with Gasteiger partial charge in [-0.2, -0.15) is 5.10 Å². The van der Waals surface area contributed by atoms with Crippen molar-refractivity contribution in [2.24, 2.45) is 7.05 Å². The SMILES string of the molecule is Cc1nn(C)c(-c2cccnc2Cl)c1Cl. The summed E-state index contributed by atoms with van der Waals surface area (Å²) in [5.41, 5.74) is 2.38. The molecule has 78 valence electrons. The highest BCUT2D eigenvalue weighted by molar-refractivity contribution is 6.36. The Morgan fingerprint density at radius 3 is 2.60 bits per heavy atom. The molecule has 0 bridgehead atoms. The predicted molar refractivity (Wildman–Crippen MR) is 61.2 cm³/mol. The molecule has 0 aliphatic heterocycles. The van der Waals surface area contributed by atoms with Gasteiger partial charge in [0.1, 0.15) is 5.15 Å². The molecular weight excluding hydrogens is 233 g/mol. The normalized spacial score (nSPS) is 10.7. The summed E-state index contributed by atoms with van der Waals surface area (Å²) >= 11 is 12.2. The fourth-order valence-electron chi connectivity index (χ4n) is 1.49. The smallest absolute Gasteiger partial charge is 0.138 e. The van der Waals surface area contributed by atoms with E-state index in [4.69, 9.17) is 23.2 Å². The van der Waals surface area contributed by atoms with Gasteiger partial charge in [0.25, 0.3) is 0 Å². The topological polar surface area (TPSA) is 30.7 Å². The highest BCUT2D eigenvalue weighted by Crippen LogP contribution is 2.33. The maximum atomic E-state index is 6.15. The number of hydrogen-bond donors (Lipinski definition) is 0. The van der Waals surface area contributed by atoms with Gasteiger partial charge >= 0.3 is 0 Å². The van der Waals surface area contributed by atoms with Crippen LogP contribution in [0, 0.1) is 6.92 Å². The van der Waals surface area contributed by atoms with Crippen LogP contribution in [-0.2, 0) is 7.05 Å². The summed E-state index contributed by atoms with van der Waals surface area (Å²) in [7, 11) is 1.83. The average molecular weight is 242 g/mol. The summed E-state index contributed by atoms with van der Waals surface area (Å²) in [6, 6.07) is 3.69. The second-order valence-corrected chi connectivity index (χ2v) is 3.95. The van der Waals surface area contributed by atoms with E-state index in [0.29, 0.717) is 10.2 Å². The van der Waals surface area contributed by atoms with E-state index in [1.165, 1.54) is 0 Å². The third-order valence-corrected chi connectivity index (χ3v) is 2.92. The molecule has 0 fully saturated rings. The maximum Gasteiger partial charge on any atom is 0.138 e. The van der Waals surface area contributed by atoms with E-state index in [2.05, 4.69) is 10.1 Å². The summed E-state index contributed by atoms with van der Waals surface area (Å²) < 4.78 is 1.71. The molecule has 5 heteroatoms. The first-order chi connectivity index (χ1) is 7.11. The molecule has 15 heavy (non-hydrogen) atoms. The third-order valence-electron chi connectivity index (χ3n) is 2.16. The number of aromatic nitrogens is 3. The summed E-state index contributed by atoms with van der Waals surface area (Å²) in [4.78, 5) is 4.01. The Balaban J connectivity index is 2.69. The van der Waals surface area contributed by atoms with Crippen molar-refractivity contribution >= 4 is 23.2 Å². The minimum atomic E-state index is 0.433. The Bertz CT molecular complexity index is 505. The summed E-state index contributed by atoms with van der Waals surface area (Å²) in [6.45, 7) is 1.86. The zero-order valence-electron chi connectivity index (χ0n) is 8.33. The van der Waals surface area contributed by atoms with Crippen LogP contribution in [0.4, 0.5) is 0 Å². The van der Waals surface area contributed by atoms with Gasteiger partial charge in [-0.25, -0.2) is 4.98 Å². The van der Waals surface area contributed by atoms with Crippen LogP contribution in [-0.4, -0.2) is 14.8 Å². The fraction of sp³-hybridized carbons (Fsp3) is 0.200. The van der Waals surface area contributed by atoms with Gasteiger partial charge in [-0.3, -0.25) is 4.68 Å². The minimum absolute atomic E-state index is 0.433. The van der Waals surface area contributed by atoms with Crippen LogP contribution < -0.4 is 0 Å². The Labute approximate surface area is 97.7 Å². The molecule has 0 radical (unpaired) electrons. The molecule has 2 aromatic heterocycles. The molecule has 2 heterocycles. The van der Waals surface area contributed by atoms with Crippen molar-refractivity contribution in [3.8, 4) is 11.3 Å². The molecule has 0 amide bonds. The van der Waals surface area contributed by atoms with E-state index in [-0.39, 0.29) is 0 Å². The van der Waals surface area contributed by atoms with Gasteiger partial charge in [-0.1, -0.05) is 23.2 Å². The molecule has 0 aliphatic carbocycles. The number of pyridine rings is 1. The quantitative estimate of drug-likeness (QED) is 0.719. The van der Waals surface area contributed by atoms with Gasteiger partial charge in [0, 0.05) is 18.8 Å². The number of aryl methyl sites for hydroxylation is 2. The molecule has 0 aromatic carbocycles. The number of hydrogen-bond acceptors (Lipinski definition) is 2. The minimum Gasteiger partial charge on any atom is -0.266 e. The van der Waals surface area contributed by atoms with E-state index >= 15 is 0 Å². The Morgan fingerprint density at radius 2 is 2.07 bits per heavy atom. The Kier molecular flexibility index (Phi) is 2.67. The van der Waals surface area contributed by atoms with Crippen LogP contribution in [0.2, 0.25) is 10.2 Å². The number of halogens is 2. The number of rotatable bonds is 1. The molecule has 2 rings (SSSR count). The van der Waals surface area contributed by atoms with Crippen LogP contribution >= 0.6 is 23.2 Å². The highest BCUT2D eigenvalue weighted by Gasteiger charge is 2.15. The average Bonchev–Trinajstić information content (AvgIpc) is 2.43. The van der Waals surface area contributed by atoms with Crippen molar-refractivity contribution in [1.29, 1.82) is 0 Å². The van der Waals surface area contributed by atoms with Crippen LogP contribution in [0.15, 0.2) is 18.3 Å². The first-order valence-corrected chi connectivity index (χ1v) is 5.17. The first-order valence-electron chi connectivity index (χ1n) is 4.41.